The van der Waals surface area contributed by atoms with Gasteiger partial charge in [-0.25, -0.2) is 14.6 Å². The Labute approximate surface area is 307 Å². The van der Waals surface area contributed by atoms with Crippen molar-refractivity contribution < 1.29 is 19.1 Å². The highest BCUT2D eigenvalue weighted by Crippen LogP contribution is 2.38. The van der Waals surface area contributed by atoms with Gasteiger partial charge in [-0.2, -0.15) is 0 Å². The van der Waals surface area contributed by atoms with Gasteiger partial charge in [0.25, 0.3) is 0 Å². The number of nitrogens with zero attached hydrogens (tertiary/aromatic N) is 5. The first-order chi connectivity index (χ1) is 23.6. The molecule has 0 saturated carbocycles. The number of hydrogen-bond donors (Lipinski definition) is 3. The maximum absolute atomic E-state index is 14.0. The van der Waals surface area contributed by atoms with Gasteiger partial charge < -0.3 is 30.2 Å². The van der Waals surface area contributed by atoms with E-state index < -0.39 is 23.2 Å². The van der Waals surface area contributed by atoms with E-state index in [0.717, 1.165) is 39.7 Å². The third kappa shape index (κ3) is 9.76. The minimum absolute atomic E-state index is 0.0302. The molecule has 1 saturated heterocycles. The number of urea groups is 1. The summed E-state index contributed by atoms with van der Waals surface area (Å²) in [5.74, 6) is 0.389. The lowest BCUT2D eigenvalue weighted by molar-refractivity contribution is -0.127. The van der Waals surface area contributed by atoms with E-state index in [9.17, 15) is 14.4 Å². The molecule has 2 atom stereocenters. The van der Waals surface area contributed by atoms with Gasteiger partial charge in [0.2, 0.25) is 5.91 Å². The molecule has 1 aromatic carbocycles. The number of hydrogen-bond acceptors (Lipinski definition) is 7. The predicted octanol–water partition coefficient (Wildman–Crippen LogP) is 5.61. The van der Waals surface area contributed by atoms with Gasteiger partial charge in [-0.15, -0.1) is 0 Å². The quantitative estimate of drug-likeness (QED) is 0.254. The number of aromatic nitrogens is 3. The Balaban J connectivity index is 1.30. The molecule has 3 aromatic rings. The maximum atomic E-state index is 14.0. The summed E-state index contributed by atoms with van der Waals surface area (Å²) in [6.07, 6.45) is 7.04. The van der Waals surface area contributed by atoms with Crippen molar-refractivity contribution in [2.24, 2.45) is 0 Å². The molecule has 270 valence electrons. The summed E-state index contributed by atoms with van der Waals surface area (Å²) in [6.45, 7) is 13.7. The summed E-state index contributed by atoms with van der Waals surface area (Å²) in [5, 5.41) is 9.60. The Morgan fingerprint density at radius 1 is 1.00 bits per heavy atom. The number of fused-ring (bicyclic) bond motifs is 2. The molecule has 5 rings (SSSR count). The van der Waals surface area contributed by atoms with E-state index in [2.05, 4.69) is 53.9 Å². The zero-order valence-corrected chi connectivity index (χ0v) is 32.0. The van der Waals surface area contributed by atoms with Crippen molar-refractivity contribution in [3.8, 4) is 0 Å². The van der Waals surface area contributed by atoms with E-state index in [-0.39, 0.29) is 24.6 Å². The number of ether oxygens (including phenoxy) is 1. The molecule has 12 nitrogen and oxygen atoms in total. The fourth-order valence-electron chi connectivity index (χ4n) is 6.42. The summed E-state index contributed by atoms with van der Waals surface area (Å²) in [6, 6.07) is 6.92. The number of amides is 4. The number of imidazole rings is 1. The van der Waals surface area contributed by atoms with Crippen molar-refractivity contribution in [1.29, 1.82) is 0 Å². The molecule has 1 aliphatic heterocycles. The number of nitrogens with one attached hydrogen (secondary N) is 3. The number of halogens is 2. The molecule has 0 bridgehead atoms. The number of rotatable bonds is 8. The largest absolute Gasteiger partial charge is 0.441 e. The first kappa shape index (κ1) is 37.6. The van der Waals surface area contributed by atoms with Crippen LogP contribution in [0.15, 0.2) is 47.3 Å². The van der Waals surface area contributed by atoms with Crippen LogP contribution in [0.2, 0.25) is 5.02 Å². The monoisotopic (exact) mass is 770 g/mol. The summed E-state index contributed by atoms with van der Waals surface area (Å²) in [7, 11) is 0. The van der Waals surface area contributed by atoms with Gasteiger partial charge in [-0.1, -0.05) is 17.7 Å². The third-order valence-corrected chi connectivity index (χ3v) is 9.27. The molecule has 3 N–H and O–H groups in total. The number of carbonyl (C=O) groups is 3. The van der Waals surface area contributed by atoms with Crippen LogP contribution in [0.25, 0.3) is 0 Å². The Hall–Kier alpha value is -3.68. The molecule has 1 unspecified atom stereocenters. The maximum Gasteiger partial charge on any atom is 0.407 e. The summed E-state index contributed by atoms with van der Waals surface area (Å²) in [5.41, 5.74) is 3.50. The van der Waals surface area contributed by atoms with Crippen LogP contribution in [0.3, 0.4) is 0 Å². The zero-order chi connectivity index (χ0) is 36.2. The van der Waals surface area contributed by atoms with Gasteiger partial charge in [0.15, 0.2) is 6.61 Å². The molecule has 4 amide bonds. The molecule has 0 spiro atoms. The Bertz CT molecular complexity index is 1650. The van der Waals surface area contributed by atoms with Crippen molar-refractivity contribution >= 4 is 45.6 Å². The Morgan fingerprint density at radius 2 is 1.74 bits per heavy atom. The molecule has 1 aliphatic carbocycles. The van der Waals surface area contributed by atoms with E-state index in [0.29, 0.717) is 50.0 Å². The average Bonchev–Trinajstić information content (AvgIpc) is 3.41. The zero-order valence-electron chi connectivity index (χ0n) is 29.7. The topological polar surface area (TPSA) is 134 Å². The van der Waals surface area contributed by atoms with E-state index in [1.807, 2.05) is 70.6 Å². The molecule has 2 aromatic heterocycles. The Kier molecular flexibility index (Phi) is 11.8. The first-order valence-corrected chi connectivity index (χ1v) is 18.2. The predicted molar refractivity (Wildman–Crippen MR) is 196 cm³/mol. The third-order valence-electron chi connectivity index (χ3n) is 8.60. The fourth-order valence-corrected chi connectivity index (χ4v) is 6.99. The highest BCUT2D eigenvalue weighted by atomic mass is 79.9. The van der Waals surface area contributed by atoms with Gasteiger partial charge >= 0.3 is 12.1 Å². The van der Waals surface area contributed by atoms with E-state index in [4.69, 9.17) is 21.3 Å². The van der Waals surface area contributed by atoms with Gasteiger partial charge in [-0.05, 0) is 112 Å². The van der Waals surface area contributed by atoms with Crippen LogP contribution in [0, 0.1) is 0 Å². The number of pyridine rings is 1. The SMILES string of the molecule is CC(C)(C)NC(=O)OCc1nccn1CCCNC(=O)[C@H]1CN(C2c3ccc(Cl)cc3CCc3cc(Br)cnc32)CCN1C(=O)NC(C)(C)C. The van der Waals surface area contributed by atoms with Crippen molar-refractivity contribution in [2.45, 2.75) is 97.1 Å². The standard InChI is InChI=1S/C36H48BrClN8O4/c1-35(2,3)42-33(48)46-17-16-45(31-27-11-10-26(38)19-23(27)8-9-24-18-25(37)20-41-30(24)31)21-28(46)32(47)40-12-7-14-44-15-13-39-29(44)22-50-34(49)43-36(4,5)6/h10-11,13,15,18-20,28,31H,7-9,12,14,16-17,21-22H2,1-6H3,(H,40,47)(H,42,48)(H,43,49)/t28-,31?/m1/s1. The summed E-state index contributed by atoms with van der Waals surface area (Å²) >= 11 is 10.0. The number of carbonyl (C=O) groups excluding carboxylic acids is 3. The van der Waals surface area contributed by atoms with E-state index in [1.54, 1.807) is 11.1 Å². The number of benzene rings is 1. The van der Waals surface area contributed by atoms with Gasteiger partial charge in [0, 0.05) is 71.9 Å². The smallest absolute Gasteiger partial charge is 0.407 e. The van der Waals surface area contributed by atoms with Crippen LogP contribution in [-0.4, -0.2) is 85.7 Å². The first-order valence-electron chi connectivity index (χ1n) is 17.1. The minimum atomic E-state index is -0.734. The highest BCUT2D eigenvalue weighted by molar-refractivity contribution is 9.10. The van der Waals surface area contributed by atoms with Crippen molar-refractivity contribution in [1.82, 2.24) is 40.3 Å². The fraction of sp³-hybridized carbons (Fsp3) is 0.528. The molecular formula is C36H48BrClN8O4. The van der Waals surface area contributed by atoms with Crippen LogP contribution >= 0.6 is 27.5 Å². The number of piperazine rings is 1. The molecule has 2 aliphatic rings. The molecule has 50 heavy (non-hydrogen) atoms. The molecule has 0 radical (unpaired) electrons. The lowest BCUT2D eigenvalue weighted by atomic mass is 9.95. The lowest BCUT2D eigenvalue weighted by Crippen LogP contribution is -2.64. The average molecular weight is 772 g/mol. The van der Waals surface area contributed by atoms with Crippen molar-refractivity contribution in [2.75, 3.05) is 26.2 Å². The highest BCUT2D eigenvalue weighted by Gasteiger charge is 2.41. The van der Waals surface area contributed by atoms with E-state index in [1.165, 1.54) is 0 Å². The van der Waals surface area contributed by atoms with Crippen LogP contribution in [0.1, 0.15) is 82.2 Å². The second-order valence-corrected chi connectivity index (χ2v) is 16.3. The molecule has 1 fully saturated rings. The normalized spacial score (nSPS) is 18.0. The second kappa shape index (κ2) is 15.7. The van der Waals surface area contributed by atoms with Gasteiger partial charge in [-0.3, -0.25) is 14.7 Å². The Morgan fingerprint density at radius 3 is 2.48 bits per heavy atom. The van der Waals surface area contributed by atoms with E-state index >= 15 is 0 Å². The summed E-state index contributed by atoms with van der Waals surface area (Å²) < 4.78 is 8.18. The molecular weight excluding hydrogens is 724 g/mol. The summed E-state index contributed by atoms with van der Waals surface area (Å²) in [4.78, 5) is 52.9. The van der Waals surface area contributed by atoms with Crippen LogP contribution in [-0.2, 0) is 35.5 Å². The van der Waals surface area contributed by atoms with Gasteiger partial charge in [0.1, 0.15) is 11.9 Å². The van der Waals surface area contributed by atoms with Crippen LogP contribution in [0.5, 0.6) is 0 Å². The van der Waals surface area contributed by atoms with Crippen LogP contribution < -0.4 is 16.0 Å². The van der Waals surface area contributed by atoms with Gasteiger partial charge in [0.05, 0.1) is 11.7 Å². The lowest BCUT2D eigenvalue weighted by Gasteiger charge is -2.44. The molecule has 14 heteroatoms. The number of aryl methyl sites for hydroxylation is 3. The minimum Gasteiger partial charge on any atom is -0.441 e. The van der Waals surface area contributed by atoms with Crippen molar-refractivity contribution in [3.63, 3.8) is 0 Å². The van der Waals surface area contributed by atoms with Crippen LogP contribution in [0.4, 0.5) is 9.59 Å². The van der Waals surface area contributed by atoms with Crippen molar-refractivity contribution in [3.05, 3.63) is 80.6 Å². The second-order valence-electron chi connectivity index (χ2n) is 15.0. The number of alkyl carbamates (subject to hydrolysis) is 1. The molecule has 3 heterocycles.